The number of carbonyl (C=O) groups excluding carboxylic acids is 1. The van der Waals surface area contributed by atoms with Crippen LogP contribution in [0.3, 0.4) is 0 Å². The molecule has 0 saturated heterocycles. The van der Waals surface area contributed by atoms with Crippen molar-refractivity contribution >= 4 is 16.8 Å². The monoisotopic (exact) mass is 364 g/mol. The van der Waals surface area contributed by atoms with Crippen molar-refractivity contribution in [3.05, 3.63) is 71.4 Å². The molecule has 0 radical (unpaired) electrons. The van der Waals surface area contributed by atoms with E-state index in [4.69, 9.17) is 5.73 Å². The lowest BCUT2D eigenvalue weighted by Gasteiger charge is -2.23. The third kappa shape index (κ3) is 4.38. The van der Waals surface area contributed by atoms with Crippen LogP contribution in [0.15, 0.2) is 54.6 Å². The lowest BCUT2D eigenvalue weighted by atomic mass is 10.1. The summed E-state index contributed by atoms with van der Waals surface area (Å²) in [5, 5.41) is 4.88. The fourth-order valence-corrected chi connectivity index (χ4v) is 3.65. The van der Waals surface area contributed by atoms with E-state index in [0.717, 1.165) is 24.3 Å². The highest BCUT2D eigenvalue weighted by Crippen LogP contribution is 2.26. The minimum Gasteiger partial charge on any atom is -0.368 e. The Labute approximate surface area is 160 Å². The second kappa shape index (κ2) is 8.37. The van der Waals surface area contributed by atoms with Gasteiger partial charge in [0.25, 0.3) is 0 Å². The number of nitrogens with zero attached hydrogens (tertiary/aromatic N) is 2. The van der Waals surface area contributed by atoms with Gasteiger partial charge in [-0.1, -0.05) is 48.5 Å². The van der Waals surface area contributed by atoms with Gasteiger partial charge in [-0.3, -0.25) is 4.79 Å². The fraction of sp³-hybridized carbons (Fsp3) is 0.318. The summed E-state index contributed by atoms with van der Waals surface area (Å²) in [6.07, 6.45) is 0. The zero-order valence-electron chi connectivity index (χ0n) is 16.3. The van der Waals surface area contributed by atoms with Gasteiger partial charge in [-0.05, 0) is 38.2 Å². The Morgan fingerprint density at radius 2 is 1.78 bits per heavy atom. The molecule has 5 nitrogen and oxygen atoms in total. The molecule has 1 aromatic heterocycles. The SMILES string of the molecule is Cc1c(CNC(CN(C)C)c2ccccc2)c2ccccc2n1CC(N)=O. The van der Waals surface area contributed by atoms with Gasteiger partial charge < -0.3 is 20.5 Å². The lowest BCUT2D eigenvalue weighted by Crippen LogP contribution is -2.31. The molecule has 0 bridgehead atoms. The molecule has 2 aromatic carbocycles. The van der Waals surface area contributed by atoms with Crippen molar-refractivity contribution in [1.82, 2.24) is 14.8 Å². The van der Waals surface area contributed by atoms with Crippen LogP contribution < -0.4 is 11.1 Å². The topological polar surface area (TPSA) is 63.3 Å². The van der Waals surface area contributed by atoms with Crippen molar-refractivity contribution in [2.45, 2.75) is 26.1 Å². The van der Waals surface area contributed by atoms with E-state index in [-0.39, 0.29) is 18.5 Å². The summed E-state index contributed by atoms with van der Waals surface area (Å²) < 4.78 is 2.01. The third-order valence-corrected chi connectivity index (χ3v) is 4.95. The minimum atomic E-state index is -0.326. The van der Waals surface area contributed by atoms with Gasteiger partial charge in [-0.2, -0.15) is 0 Å². The molecule has 1 atom stereocenters. The highest BCUT2D eigenvalue weighted by Gasteiger charge is 2.17. The summed E-state index contributed by atoms with van der Waals surface area (Å²) in [5.41, 5.74) is 10.1. The lowest BCUT2D eigenvalue weighted by molar-refractivity contribution is -0.118. The predicted molar refractivity (Wildman–Crippen MR) is 110 cm³/mol. The summed E-state index contributed by atoms with van der Waals surface area (Å²) in [6, 6.07) is 18.9. The molecule has 0 aliphatic carbocycles. The maximum atomic E-state index is 11.5. The maximum Gasteiger partial charge on any atom is 0.237 e. The normalized spacial score (nSPS) is 12.6. The number of nitrogens with two attached hydrogens (primary N) is 1. The minimum absolute atomic E-state index is 0.201. The zero-order chi connectivity index (χ0) is 19.4. The first-order chi connectivity index (χ1) is 13.0. The molecule has 0 saturated carbocycles. The standard InChI is InChI=1S/C22H28N4O/c1-16-19(18-11-7-8-12-21(18)26(16)15-22(23)27)13-24-20(14-25(2)3)17-9-5-4-6-10-17/h4-12,20,24H,13-15H2,1-3H3,(H2,23,27). The quantitative estimate of drug-likeness (QED) is 0.646. The Bertz CT molecular complexity index is 915. The van der Waals surface area contributed by atoms with Crippen LogP contribution >= 0.6 is 0 Å². The number of carbonyl (C=O) groups is 1. The molecule has 1 heterocycles. The van der Waals surface area contributed by atoms with E-state index < -0.39 is 0 Å². The molecule has 1 amide bonds. The number of aromatic nitrogens is 1. The molecule has 3 rings (SSSR count). The van der Waals surface area contributed by atoms with Crippen LogP contribution in [-0.4, -0.2) is 36.0 Å². The molecule has 0 aliphatic rings. The van der Waals surface area contributed by atoms with E-state index in [1.807, 2.05) is 28.8 Å². The van der Waals surface area contributed by atoms with E-state index in [2.05, 4.69) is 61.6 Å². The van der Waals surface area contributed by atoms with Crippen LogP contribution in [0.5, 0.6) is 0 Å². The summed E-state index contributed by atoms with van der Waals surface area (Å²) in [5.74, 6) is -0.326. The number of hydrogen-bond donors (Lipinski definition) is 2. The van der Waals surface area contributed by atoms with Crippen molar-refractivity contribution in [2.24, 2.45) is 5.73 Å². The molecule has 0 spiro atoms. The fourth-order valence-electron chi connectivity index (χ4n) is 3.65. The van der Waals surface area contributed by atoms with E-state index in [9.17, 15) is 4.79 Å². The number of nitrogens with one attached hydrogen (secondary N) is 1. The number of para-hydroxylation sites is 1. The van der Waals surface area contributed by atoms with Crippen molar-refractivity contribution < 1.29 is 4.79 Å². The second-order valence-electron chi connectivity index (χ2n) is 7.24. The average molecular weight is 364 g/mol. The first-order valence-corrected chi connectivity index (χ1v) is 9.25. The number of primary amides is 1. The summed E-state index contributed by atoms with van der Waals surface area (Å²) in [7, 11) is 4.17. The number of amides is 1. The molecule has 1 unspecified atom stereocenters. The van der Waals surface area contributed by atoms with Gasteiger partial charge in [0.1, 0.15) is 6.54 Å². The van der Waals surface area contributed by atoms with Gasteiger partial charge in [0.05, 0.1) is 0 Å². The van der Waals surface area contributed by atoms with Gasteiger partial charge in [-0.25, -0.2) is 0 Å². The van der Waals surface area contributed by atoms with E-state index in [1.165, 1.54) is 16.5 Å². The maximum absolute atomic E-state index is 11.5. The van der Waals surface area contributed by atoms with Crippen LogP contribution in [0.25, 0.3) is 10.9 Å². The van der Waals surface area contributed by atoms with Gasteiger partial charge in [0, 0.05) is 35.7 Å². The highest BCUT2D eigenvalue weighted by atomic mass is 16.1. The van der Waals surface area contributed by atoms with Crippen LogP contribution in [0.2, 0.25) is 0 Å². The molecule has 3 aromatic rings. The number of likely N-dealkylation sites (N-methyl/N-ethyl adjacent to an activating group) is 1. The molecule has 142 valence electrons. The average Bonchev–Trinajstić information content (AvgIpc) is 2.90. The van der Waals surface area contributed by atoms with E-state index in [0.29, 0.717) is 0 Å². The van der Waals surface area contributed by atoms with Gasteiger partial charge in [0.15, 0.2) is 0 Å². The molecule has 3 N–H and O–H groups in total. The molecular weight excluding hydrogens is 336 g/mol. The van der Waals surface area contributed by atoms with E-state index >= 15 is 0 Å². The van der Waals surface area contributed by atoms with Crippen molar-refractivity contribution in [3.63, 3.8) is 0 Å². The predicted octanol–water partition coefficient (Wildman–Crippen LogP) is 2.83. The Balaban J connectivity index is 1.91. The first-order valence-electron chi connectivity index (χ1n) is 9.25. The molecule has 0 fully saturated rings. The molecular formula is C22H28N4O. The third-order valence-electron chi connectivity index (χ3n) is 4.95. The van der Waals surface area contributed by atoms with E-state index in [1.54, 1.807) is 0 Å². The molecule has 27 heavy (non-hydrogen) atoms. The summed E-state index contributed by atoms with van der Waals surface area (Å²) in [4.78, 5) is 13.7. The van der Waals surface area contributed by atoms with Crippen LogP contribution in [-0.2, 0) is 17.9 Å². The summed E-state index contributed by atoms with van der Waals surface area (Å²) >= 11 is 0. The Morgan fingerprint density at radius 1 is 1.11 bits per heavy atom. The van der Waals surface area contributed by atoms with Crippen LogP contribution in [0.1, 0.15) is 22.9 Å². The van der Waals surface area contributed by atoms with Crippen molar-refractivity contribution in [2.75, 3.05) is 20.6 Å². The Hall–Kier alpha value is -2.63. The van der Waals surface area contributed by atoms with Crippen molar-refractivity contribution in [1.29, 1.82) is 0 Å². The number of benzene rings is 2. The Kier molecular flexibility index (Phi) is 5.94. The first kappa shape index (κ1) is 19.1. The summed E-state index contributed by atoms with van der Waals surface area (Å²) in [6.45, 7) is 3.89. The zero-order valence-corrected chi connectivity index (χ0v) is 16.3. The Morgan fingerprint density at radius 3 is 2.44 bits per heavy atom. The second-order valence-corrected chi connectivity index (χ2v) is 7.24. The van der Waals surface area contributed by atoms with Gasteiger partial charge in [0.2, 0.25) is 5.91 Å². The van der Waals surface area contributed by atoms with Crippen LogP contribution in [0, 0.1) is 6.92 Å². The largest absolute Gasteiger partial charge is 0.368 e. The smallest absolute Gasteiger partial charge is 0.237 e. The number of hydrogen-bond acceptors (Lipinski definition) is 3. The molecule has 5 heteroatoms. The van der Waals surface area contributed by atoms with Gasteiger partial charge in [-0.15, -0.1) is 0 Å². The highest BCUT2D eigenvalue weighted by molar-refractivity contribution is 5.87. The van der Waals surface area contributed by atoms with Crippen molar-refractivity contribution in [3.8, 4) is 0 Å². The van der Waals surface area contributed by atoms with Gasteiger partial charge >= 0.3 is 0 Å². The number of rotatable bonds is 8. The number of fused-ring (bicyclic) bond motifs is 1. The van der Waals surface area contributed by atoms with Crippen LogP contribution in [0.4, 0.5) is 0 Å². The molecule has 0 aliphatic heterocycles.